The fourth-order valence-electron chi connectivity index (χ4n) is 8.05. The van der Waals surface area contributed by atoms with E-state index in [0.717, 1.165) is 104 Å². The van der Waals surface area contributed by atoms with E-state index in [1.807, 2.05) is 38.1 Å². The third-order valence-electron chi connectivity index (χ3n) is 11.1. The molecule has 9 nitrogen and oxygen atoms in total. The smallest absolute Gasteiger partial charge is 0.373 e. The standard InChI is InChI=1S/C43H48N4O3.C2H6.CO2/c1-9-11-17-30-24(4)33-19-35-26(6)39(27(7)50-22-28-15-13-12-14-16-28)37(45-35)21-32-23(3)29(10-2)36(44-32)20-34-25(5)31-18-38(49-8)43(48)40(41(30)46-33)42(31)47-34;1-2;2-1-3/h12-16,18-21,24,27,30,46-47H,9-11,17,22H2,1-8H3;1-2H3;/t24-,27-,30-;;/m0../s1. The van der Waals surface area contributed by atoms with E-state index >= 15 is 0 Å². The molecule has 0 saturated carbocycles. The number of benzene rings is 1. The Bertz CT molecular complexity index is 2270. The Kier molecular flexibility index (Phi) is 13.2. The highest BCUT2D eigenvalue weighted by Crippen LogP contribution is 2.45. The summed E-state index contributed by atoms with van der Waals surface area (Å²) in [5, 5.41) is 0. The van der Waals surface area contributed by atoms with Gasteiger partial charge < -0.3 is 19.4 Å². The summed E-state index contributed by atoms with van der Waals surface area (Å²) in [7, 11) is 1.58. The maximum absolute atomic E-state index is 14.2. The van der Waals surface area contributed by atoms with Crippen LogP contribution in [0.25, 0.3) is 39.4 Å². The number of aromatic amines is 2. The minimum atomic E-state index is -0.198. The average molecular weight is 743 g/mol. The molecule has 8 bridgehead atoms. The van der Waals surface area contributed by atoms with Crippen LogP contribution in [-0.4, -0.2) is 45.1 Å². The van der Waals surface area contributed by atoms with Gasteiger partial charge in [-0.15, -0.1) is 0 Å². The molecule has 7 rings (SSSR count). The number of nitrogens with one attached hydrogen (secondary N) is 2. The van der Waals surface area contributed by atoms with E-state index in [4.69, 9.17) is 29.0 Å². The third kappa shape index (κ3) is 7.91. The van der Waals surface area contributed by atoms with Crippen LogP contribution < -0.4 is 0 Å². The summed E-state index contributed by atoms with van der Waals surface area (Å²) in [4.78, 5) is 48.5. The Morgan fingerprint density at radius 1 is 0.909 bits per heavy atom. The molecule has 5 heterocycles. The Morgan fingerprint density at radius 3 is 2.24 bits per heavy atom. The van der Waals surface area contributed by atoms with E-state index < -0.39 is 0 Å². The van der Waals surface area contributed by atoms with Crippen molar-refractivity contribution in [2.45, 2.75) is 113 Å². The number of methoxy groups -OCH3 is 1. The first kappa shape index (κ1) is 40.8. The molecule has 0 fully saturated rings. The third-order valence-corrected chi connectivity index (χ3v) is 11.1. The lowest BCUT2D eigenvalue weighted by Gasteiger charge is -2.20. The number of carbonyl (C=O) groups excluding carboxylic acids is 3. The predicted octanol–water partition coefficient (Wildman–Crippen LogP) is 10.9. The van der Waals surface area contributed by atoms with E-state index in [9.17, 15) is 4.79 Å². The highest BCUT2D eigenvalue weighted by Gasteiger charge is 2.36. The van der Waals surface area contributed by atoms with Crippen molar-refractivity contribution >= 4 is 51.3 Å². The first-order valence-corrected chi connectivity index (χ1v) is 19.5. The van der Waals surface area contributed by atoms with Crippen LogP contribution >= 0.6 is 0 Å². The molecule has 0 amide bonds. The molecular weight excluding hydrogens is 689 g/mol. The van der Waals surface area contributed by atoms with Gasteiger partial charge in [0.25, 0.3) is 0 Å². The van der Waals surface area contributed by atoms with Gasteiger partial charge in [-0.1, -0.05) is 77.8 Å². The van der Waals surface area contributed by atoms with Crippen molar-refractivity contribution in [3.63, 3.8) is 0 Å². The van der Waals surface area contributed by atoms with Crippen molar-refractivity contribution in [3.05, 3.63) is 111 Å². The molecule has 2 N–H and O–H groups in total. The van der Waals surface area contributed by atoms with Gasteiger partial charge in [0.1, 0.15) is 0 Å². The summed E-state index contributed by atoms with van der Waals surface area (Å²) < 4.78 is 12.2. The predicted molar refractivity (Wildman–Crippen MR) is 219 cm³/mol. The monoisotopic (exact) mass is 742 g/mol. The number of ketones is 1. The van der Waals surface area contributed by atoms with Crippen molar-refractivity contribution < 1.29 is 23.9 Å². The lowest BCUT2D eigenvalue weighted by Crippen LogP contribution is -2.14. The average Bonchev–Trinajstić information content (AvgIpc) is 3.87. The summed E-state index contributed by atoms with van der Waals surface area (Å²) in [5.74, 6) is 0.546. The summed E-state index contributed by atoms with van der Waals surface area (Å²) in [5.41, 5.74) is 15.8. The molecule has 1 aliphatic carbocycles. The van der Waals surface area contributed by atoms with Crippen LogP contribution in [0.1, 0.15) is 154 Å². The molecule has 55 heavy (non-hydrogen) atoms. The van der Waals surface area contributed by atoms with Gasteiger partial charge in [0.2, 0.25) is 5.78 Å². The van der Waals surface area contributed by atoms with E-state index in [0.29, 0.717) is 17.9 Å². The molecule has 3 aliphatic heterocycles. The lowest BCUT2D eigenvalue weighted by atomic mass is 9.83. The van der Waals surface area contributed by atoms with Crippen molar-refractivity contribution in [1.82, 2.24) is 19.9 Å². The number of Topliss-reactive ketones (excluding diaryl/α,β-unsaturated/α-hetero) is 1. The number of ether oxygens (including phenoxy) is 2. The maximum atomic E-state index is 14.2. The molecule has 1 aromatic carbocycles. The molecule has 9 heteroatoms. The SMILES string of the molecule is CC.CCCC[C@@H]1c2[nH]c(cc3nc(cc4nc(cc5[nH]c6c(c5C)C=C(OC)C(=O)c26)C(CC)=C4C)C([C@H](C)OCc2ccccc2)=C3C)[C@H]1C.O=C=O. The number of hydrogen-bond acceptors (Lipinski definition) is 7. The van der Waals surface area contributed by atoms with Gasteiger partial charge in [-0.2, -0.15) is 9.59 Å². The molecule has 3 aromatic rings. The van der Waals surface area contributed by atoms with Crippen molar-refractivity contribution in [3.8, 4) is 0 Å². The topological polar surface area (TPSA) is 127 Å². The zero-order valence-electron chi connectivity index (χ0n) is 33.9. The van der Waals surface area contributed by atoms with Crippen LogP contribution in [-0.2, 0) is 25.7 Å². The number of aromatic nitrogens is 4. The van der Waals surface area contributed by atoms with Gasteiger partial charge >= 0.3 is 6.15 Å². The Labute approximate surface area is 324 Å². The summed E-state index contributed by atoms with van der Waals surface area (Å²) in [6.07, 6.45) is 5.89. The van der Waals surface area contributed by atoms with Crippen LogP contribution in [0.15, 0.2) is 54.3 Å². The number of unbranched alkanes of at least 4 members (excludes halogenated alkanes) is 1. The molecule has 2 aromatic heterocycles. The maximum Gasteiger partial charge on any atom is 0.373 e. The number of allylic oxidation sites excluding steroid dienone is 4. The van der Waals surface area contributed by atoms with Gasteiger partial charge in [0.15, 0.2) is 5.76 Å². The number of H-pyrrole nitrogens is 2. The van der Waals surface area contributed by atoms with E-state index in [-0.39, 0.29) is 29.9 Å². The van der Waals surface area contributed by atoms with Crippen molar-refractivity contribution in [1.29, 1.82) is 0 Å². The first-order valence-electron chi connectivity index (χ1n) is 19.5. The van der Waals surface area contributed by atoms with Gasteiger partial charge in [-0.25, -0.2) is 9.97 Å². The Balaban J connectivity index is 0.00000111. The lowest BCUT2D eigenvalue weighted by molar-refractivity contribution is -0.191. The van der Waals surface area contributed by atoms with E-state index in [1.165, 1.54) is 5.57 Å². The molecular formula is C46H54N4O5. The zero-order valence-corrected chi connectivity index (χ0v) is 33.9. The fourth-order valence-corrected chi connectivity index (χ4v) is 8.05. The number of nitrogens with zero attached hydrogens (tertiary/aromatic N) is 2. The number of rotatable bonds is 9. The normalized spacial score (nSPS) is 17.0. The quantitative estimate of drug-likeness (QED) is 0.223. The van der Waals surface area contributed by atoms with Crippen LogP contribution in [0, 0.1) is 6.92 Å². The number of hydrogen-bond donors (Lipinski definition) is 2. The van der Waals surface area contributed by atoms with Gasteiger partial charge in [-0.05, 0) is 92.7 Å². The molecule has 288 valence electrons. The second kappa shape index (κ2) is 17.8. The zero-order chi connectivity index (χ0) is 40.0. The molecule has 0 unspecified atom stereocenters. The molecule has 0 radical (unpaired) electrons. The number of aryl methyl sites for hydroxylation is 1. The van der Waals surface area contributed by atoms with Gasteiger partial charge in [0.05, 0.1) is 53.7 Å². The Hall–Kier alpha value is -5.37. The van der Waals surface area contributed by atoms with Gasteiger partial charge in [0, 0.05) is 39.9 Å². The van der Waals surface area contributed by atoms with Crippen molar-refractivity contribution in [2.75, 3.05) is 7.11 Å². The van der Waals surface area contributed by atoms with Gasteiger partial charge in [-0.3, -0.25) is 4.79 Å². The number of carbonyl (C=O) groups is 1. The summed E-state index contributed by atoms with van der Waals surface area (Å²) >= 11 is 0. The Morgan fingerprint density at radius 2 is 1.58 bits per heavy atom. The summed E-state index contributed by atoms with van der Waals surface area (Å²) in [6, 6.07) is 16.8. The van der Waals surface area contributed by atoms with E-state index in [1.54, 1.807) is 7.11 Å². The van der Waals surface area contributed by atoms with Crippen LogP contribution in [0.5, 0.6) is 0 Å². The van der Waals surface area contributed by atoms with Crippen LogP contribution in [0.2, 0.25) is 0 Å². The highest BCUT2D eigenvalue weighted by atomic mass is 16.5. The molecule has 0 saturated heterocycles. The molecule has 4 aliphatic rings. The van der Waals surface area contributed by atoms with Crippen LogP contribution in [0.4, 0.5) is 0 Å². The first-order chi connectivity index (χ1) is 26.6. The minimum Gasteiger partial charge on any atom is -0.493 e. The largest absolute Gasteiger partial charge is 0.493 e. The fraction of sp³-hybridized carbons (Fsp3) is 0.391. The number of fused-ring (bicyclic) bond motifs is 8. The summed E-state index contributed by atoms with van der Waals surface area (Å²) in [6.45, 7) is 19.7. The highest BCUT2D eigenvalue weighted by molar-refractivity contribution is 6.19. The van der Waals surface area contributed by atoms with E-state index in [2.05, 4.69) is 88.8 Å². The van der Waals surface area contributed by atoms with Crippen LogP contribution in [0.3, 0.4) is 0 Å². The molecule has 3 atom stereocenters. The second-order valence-electron chi connectivity index (χ2n) is 14.1. The second-order valence-corrected chi connectivity index (χ2v) is 14.1. The van der Waals surface area contributed by atoms with Crippen molar-refractivity contribution in [2.24, 2.45) is 0 Å². The molecule has 0 spiro atoms. The minimum absolute atomic E-state index is 0.101.